The van der Waals surface area contributed by atoms with Crippen molar-refractivity contribution in [1.29, 1.82) is 0 Å². The third-order valence-electron chi connectivity index (χ3n) is 2.44. The lowest BCUT2D eigenvalue weighted by Gasteiger charge is -2.09. The second-order valence-electron chi connectivity index (χ2n) is 3.64. The summed E-state index contributed by atoms with van der Waals surface area (Å²) in [6.07, 6.45) is 0. The van der Waals surface area contributed by atoms with Crippen molar-refractivity contribution in [2.75, 3.05) is 5.73 Å². The normalized spacial score (nSPS) is 10.7. The van der Waals surface area contributed by atoms with Crippen LogP contribution in [-0.4, -0.2) is 10.1 Å². The van der Waals surface area contributed by atoms with Crippen molar-refractivity contribution in [3.63, 3.8) is 0 Å². The highest BCUT2D eigenvalue weighted by Crippen LogP contribution is 2.37. The van der Waals surface area contributed by atoms with E-state index < -0.39 is 0 Å². The summed E-state index contributed by atoms with van der Waals surface area (Å²) in [4.78, 5) is 4.05. The molecule has 6 heteroatoms. The van der Waals surface area contributed by atoms with Crippen molar-refractivity contribution < 1.29 is 5.11 Å². The van der Waals surface area contributed by atoms with Gasteiger partial charge in [-0.1, -0.05) is 34.8 Å². The van der Waals surface area contributed by atoms with E-state index in [-0.39, 0.29) is 12.4 Å². The second-order valence-corrected chi connectivity index (χ2v) is 4.86. The molecule has 0 radical (unpaired) electrons. The number of nitrogen functional groups attached to an aromatic ring is 1. The summed E-state index contributed by atoms with van der Waals surface area (Å²) < 4.78 is 0. The number of nitrogens with two attached hydrogens (primary N) is 1. The Hall–Kier alpha value is -1.000. The number of hydrogen-bond acceptors (Lipinski definition) is 3. The van der Waals surface area contributed by atoms with Crippen molar-refractivity contribution >= 4 is 40.6 Å². The maximum Gasteiger partial charge on any atom is 0.131 e. The first-order valence-electron chi connectivity index (χ1n) is 5.04. The topological polar surface area (TPSA) is 59.1 Å². The van der Waals surface area contributed by atoms with E-state index in [2.05, 4.69) is 4.98 Å². The molecule has 2 aromatic rings. The maximum absolute atomic E-state index is 8.98. The Labute approximate surface area is 119 Å². The minimum Gasteiger partial charge on any atom is -0.390 e. The summed E-state index contributed by atoms with van der Waals surface area (Å²) in [5.41, 5.74) is 7.62. The van der Waals surface area contributed by atoms with E-state index in [1.165, 1.54) is 0 Å². The summed E-state index contributed by atoms with van der Waals surface area (Å²) >= 11 is 17.9. The molecule has 3 nitrogen and oxygen atoms in total. The molecule has 2 rings (SSSR count). The minimum absolute atomic E-state index is 0.167. The van der Waals surface area contributed by atoms with Gasteiger partial charge >= 0.3 is 0 Å². The van der Waals surface area contributed by atoms with Crippen molar-refractivity contribution in [2.45, 2.75) is 6.61 Å². The van der Waals surface area contributed by atoms with Gasteiger partial charge in [-0.05, 0) is 24.3 Å². The molecule has 94 valence electrons. The van der Waals surface area contributed by atoms with E-state index in [0.717, 1.165) is 0 Å². The van der Waals surface area contributed by atoms with Gasteiger partial charge in [0.2, 0.25) is 0 Å². The zero-order chi connectivity index (χ0) is 13.3. The number of nitrogens with zero attached hydrogens (tertiary/aromatic N) is 1. The standard InChI is InChI=1S/C12H9Cl3N2O/c13-9-4-11(15)10(14)3-8(9)7-2-1-6(5-18)17-12(7)16/h1-4,18H,5H2,(H2,16,17). The third kappa shape index (κ3) is 2.54. The first-order valence-corrected chi connectivity index (χ1v) is 6.17. The number of benzene rings is 1. The van der Waals surface area contributed by atoms with Gasteiger partial charge in [-0.2, -0.15) is 0 Å². The molecular formula is C12H9Cl3N2O. The molecule has 1 aromatic carbocycles. The molecule has 1 heterocycles. The average Bonchev–Trinajstić information content (AvgIpc) is 2.34. The summed E-state index contributed by atoms with van der Waals surface area (Å²) in [6, 6.07) is 6.60. The summed E-state index contributed by atoms with van der Waals surface area (Å²) in [5, 5.41) is 10.2. The van der Waals surface area contributed by atoms with Crippen molar-refractivity contribution in [3.05, 3.63) is 45.0 Å². The zero-order valence-electron chi connectivity index (χ0n) is 9.12. The fourth-order valence-electron chi connectivity index (χ4n) is 1.56. The summed E-state index contributed by atoms with van der Waals surface area (Å²) in [7, 11) is 0. The Morgan fingerprint density at radius 2 is 1.67 bits per heavy atom. The van der Waals surface area contributed by atoms with Crippen LogP contribution < -0.4 is 5.73 Å². The van der Waals surface area contributed by atoms with Crippen molar-refractivity contribution in [1.82, 2.24) is 4.98 Å². The molecule has 0 aliphatic carbocycles. The van der Waals surface area contributed by atoms with Crippen molar-refractivity contribution in [2.24, 2.45) is 0 Å². The van der Waals surface area contributed by atoms with E-state index in [9.17, 15) is 0 Å². The van der Waals surface area contributed by atoms with Gasteiger partial charge in [0.05, 0.1) is 27.4 Å². The Bertz CT molecular complexity index is 602. The predicted molar refractivity (Wildman–Crippen MR) is 75.0 cm³/mol. The molecule has 0 unspecified atom stereocenters. The van der Waals surface area contributed by atoms with Gasteiger partial charge in [-0.15, -0.1) is 0 Å². The van der Waals surface area contributed by atoms with Crippen LogP contribution in [0.4, 0.5) is 5.82 Å². The smallest absolute Gasteiger partial charge is 0.131 e. The van der Waals surface area contributed by atoms with Gasteiger partial charge in [0.25, 0.3) is 0 Å². The van der Waals surface area contributed by atoms with Crippen LogP contribution in [0, 0.1) is 0 Å². The molecule has 0 spiro atoms. The Morgan fingerprint density at radius 1 is 1.00 bits per heavy atom. The molecule has 0 fully saturated rings. The van der Waals surface area contributed by atoms with Gasteiger partial charge in [0.1, 0.15) is 5.82 Å². The molecule has 3 N–H and O–H groups in total. The van der Waals surface area contributed by atoms with E-state index >= 15 is 0 Å². The lowest BCUT2D eigenvalue weighted by Crippen LogP contribution is -1.98. The lowest BCUT2D eigenvalue weighted by molar-refractivity contribution is 0.277. The van der Waals surface area contributed by atoms with Crippen molar-refractivity contribution in [3.8, 4) is 11.1 Å². The fourth-order valence-corrected chi connectivity index (χ4v) is 2.21. The van der Waals surface area contributed by atoms with Crippen LogP contribution in [0.1, 0.15) is 5.69 Å². The number of rotatable bonds is 2. The van der Waals surface area contributed by atoms with Gasteiger partial charge < -0.3 is 10.8 Å². The van der Waals surface area contributed by atoms with Crippen LogP contribution in [0.5, 0.6) is 0 Å². The van der Waals surface area contributed by atoms with Gasteiger partial charge in [0, 0.05) is 11.1 Å². The molecule has 1 aromatic heterocycles. The van der Waals surface area contributed by atoms with Gasteiger partial charge in [0.15, 0.2) is 0 Å². The molecule has 0 aliphatic heterocycles. The first-order chi connectivity index (χ1) is 8.52. The number of anilines is 1. The zero-order valence-corrected chi connectivity index (χ0v) is 11.4. The van der Waals surface area contributed by atoms with Crippen LogP contribution >= 0.6 is 34.8 Å². The average molecular weight is 304 g/mol. The number of aromatic nitrogens is 1. The van der Waals surface area contributed by atoms with Gasteiger partial charge in [-0.25, -0.2) is 4.98 Å². The minimum atomic E-state index is -0.167. The molecule has 0 atom stereocenters. The molecule has 0 saturated carbocycles. The van der Waals surface area contributed by atoms with Crippen LogP contribution in [0.25, 0.3) is 11.1 Å². The number of aliphatic hydroxyl groups excluding tert-OH is 1. The molecule has 0 aliphatic rings. The van der Waals surface area contributed by atoms with Crippen LogP contribution in [0.2, 0.25) is 15.1 Å². The Morgan fingerprint density at radius 3 is 2.28 bits per heavy atom. The van der Waals surface area contributed by atoms with E-state index in [1.807, 2.05) is 0 Å². The number of halogens is 3. The van der Waals surface area contributed by atoms with E-state index in [4.69, 9.17) is 45.6 Å². The highest BCUT2D eigenvalue weighted by molar-refractivity contribution is 6.44. The number of pyridine rings is 1. The predicted octanol–water partition coefficient (Wildman–Crippen LogP) is 3.78. The Balaban J connectivity index is 2.58. The van der Waals surface area contributed by atoms with Crippen LogP contribution in [0.15, 0.2) is 24.3 Å². The van der Waals surface area contributed by atoms with Crippen LogP contribution in [0.3, 0.4) is 0 Å². The molecule has 0 bridgehead atoms. The number of aliphatic hydroxyl groups is 1. The highest BCUT2D eigenvalue weighted by atomic mass is 35.5. The molecule has 18 heavy (non-hydrogen) atoms. The van der Waals surface area contributed by atoms with Gasteiger partial charge in [-0.3, -0.25) is 0 Å². The molecule has 0 saturated heterocycles. The quantitative estimate of drug-likeness (QED) is 0.830. The lowest BCUT2D eigenvalue weighted by atomic mass is 10.1. The largest absolute Gasteiger partial charge is 0.390 e. The van der Waals surface area contributed by atoms with E-state index in [0.29, 0.717) is 31.9 Å². The molecule has 0 amide bonds. The summed E-state index contributed by atoms with van der Waals surface area (Å²) in [6.45, 7) is -0.167. The SMILES string of the molecule is Nc1nc(CO)ccc1-c1cc(Cl)c(Cl)cc1Cl. The fraction of sp³-hybridized carbons (Fsp3) is 0.0833. The molecular weight excluding hydrogens is 295 g/mol. The first kappa shape index (κ1) is 13.4. The van der Waals surface area contributed by atoms with E-state index in [1.54, 1.807) is 24.3 Å². The Kier molecular flexibility index (Phi) is 3.97. The third-order valence-corrected chi connectivity index (χ3v) is 3.48. The highest BCUT2D eigenvalue weighted by Gasteiger charge is 2.11. The maximum atomic E-state index is 8.98. The number of hydrogen-bond donors (Lipinski definition) is 2. The van der Waals surface area contributed by atoms with Crippen LogP contribution in [-0.2, 0) is 6.61 Å². The monoisotopic (exact) mass is 302 g/mol. The summed E-state index contributed by atoms with van der Waals surface area (Å²) in [5.74, 6) is 0.279. The second kappa shape index (κ2) is 5.33.